The van der Waals surface area contributed by atoms with Crippen molar-refractivity contribution in [2.45, 2.75) is 19.4 Å². The van der Waals surface area contributed by atoms with Crippen molar-refractivity contribution in [3.05, 3.63) is 35.1 Å². The molecule has 0 spiro atoms. The lowest BCUT2D eigenvalue weighted by atomic mass is 9.95. The number of halogens is 1. The van der Waals surface area contributed by atoms with Crippen LogP contribution in [0.15, 0.2) is 18.2 Å². The summed E-state index contributed by atoms with van der Waals surface area (Å²) < 4.78 is 13.4. The molecule has 1 fully saturated rings. The van der Waals surface area contributed by atoms with E-state index >= 15 is 0 Å². The molecule has 1 aromatic rings. The largest absolute Gasteiger partial charge is 0.393 e. The second kappa shape index (κ2) is 6.70. The van der Waals surface area contributed by atoms with Crippen molar-refractivity contribution in [1.29, 1.82) is 0 Å². The Morgan fingerprint density at radius 2 is 2.29 bits per heavy atom. The molecule has 1 saturated heterocycles. The SMILES string of the molecule is CC1CN(C(=O)c2cc(F)ccc2C#CCO)CCC1O. The van der Waals surface area contributed by atoms with Gasteiger partial charge in [0.15, 0.2) is 0 Å². The van der Waals surface area contributed by atoms with Crippen molar-refractivity contribution < 1.29 is 19.4 Å². The third-order valence-electron chi connectivity index (χ3n) is 3.66. The third kappa shape index (κ3) is 3.60. The molecular weight excluding hydrogens is 273 g/mol. The fraction of sp³-hybridized carbons (Fsp3) is 0.438. The van der Waals surface area contributed by atoms with Crippen molar-refractivity contribution in [2.24, 2.45) is 5.92 Å². The van der Waals surface area contributed by atoms with E-state index in [0.717, 1.165) is 0 Å². The molecule has 0 radical (unpaired) electrons. The zero-order valence-electron chi connectivity index (χ0n) is 11.8. The van der Waals surface area contributed by atoms with Crippen LogP contribution in [0.3, 0.4) is 0 Å². The van der Waals surface area contributed by atoms with Crippen LogP contribution < -0.4 is 0 Å². The summed E-state index contributed by atoms with van der Waals surface area (Å²) in [6.07, 6.45) is 0.107. The first kappa shape index (κ1) is 15.5. The van der Waals surface area contributed by atoms with Gasteiger partial charge in [-0.1, -0.05) is 18.8 Å². The number of aliphatic hydroxyl groups excluding tert-OH is 2. The minimum atomic E-state index is -0.502. The molecule has 2 unspecified atom stereocenters. The van der Waals surface area contributed by atoms with Crippen molar-refractivity contribution in [3.63, 3.8) is 0 Å². The summed E-state index contributed by atoms with van der Waals surface area (Å²) in [6, 6.07) is 3.84. The van der Waals surface area contributed by atoms with Gasteiger partial charge in [0.1, 0.15) is 12.4 Å². The normalized spacial score (nSPS) is 21.6. The van der Waals surface area contributed by atoms with Crippen LogP contribution in [0, 0.1) is 23.6 Å². The highest BCUT2D eigenvalue weighted by Crippen LogP contribution is 2.20. The van der Waals surface area contributed by atoms with E-state index < -0.39 is 11.9 Å². The Morgan fingerprint density at radius 1 is 1.52 bits per heavy atom. The average Bonchev–Trinajstić information content (AvgIpc) is 2.48. The highest BCUT2D eigenvalue weighted by Gasteiger charge is 2.28. The minimum Gasteiger partial charge on any atom is -0.393 e. The van der Waals surface area contributed by atoms with Gasteiger partial charge in [-0.25, -0.2) is 4.39 Å². The summed E-state index contributed by atoms with van der Waals surface area (Å²) in [7, 11) is 0. The zero-order valence-corrected chi connectivity index (χ0v) is 11.8. The summed E-state index contributed by atoms with van der Waals surface area (Å²) in [6.45, 7) is 2.43. The Hall–Kier alpha value is -1.90. The minimum absolute atomic E-state index is 0.0109. The van der Waals surface area contributed by atoms with Crippen LogP contribution in [0.25, 0.3) is 0 Å². The molecule has 1 aliphatic heterocycles. The van der Waals surface area contributed by atoms with Gasteiger partial charge < -0.3 is 15.1 Å². The molecule has 21 heavy (non-hydrogen) atoms. The Labute approximate surface area is 123 Å². The van der Waals surface area contributed by atoms with Crippen LogP contribution in [0.1, 0.15) is 29.3 Å². The summed E-state index contributed by atoms with van der Waals surface area (Å²) in [5.74, 6) is 4.33. The second-order valence-electron chi connectivity index (χ2n) is 5.23. The molecule has 0 aliphatic carbocycles. The maximum absolute atomic E-state index is 13.4. The summed E-state index contributed by atoms with van der Waals surface area (Å²) >= 11 is 0. The van der Waals surface area contributed by atoms with Crippen molar-refractivity contribution in [3.8, 4) is 11.8 Å². The monoisotopic (exact) mass is 291 g/mol. The fourth-order valence-corrected chi connectivity index (χ4v) is 2.43. The van der Waals surface area contributed by atoms with E-state index in [0.29, 0.717) is 25.1 Å². The molecule has 0 aromatic heterocycles. The smallest absolute Gasteiger partial charge is 0.255 e. The van der Waals surface area contributed by atoms with Gasteiger partial charge >= 0.3 is 0 Å². The van der Waals surface area contributed by atoms with Gasteiger partial charge in [-0.3, -0.25) is 4.79 Å². The van der Waals surface area contributed by atoms with Crippen LogP contribution >= 0.6 is 0 Å². The first-order valence-corrected chi connectivity index (χ1v) is 6.89. The number of carbonyl (C=O) groups is 1. The Kier molecular flexibility index (Phi) is 4.94. The summed E-state index contributed by atoms with van der Waals surface area (Å²) in [4.78, 5) is 14.1. The Bertz CT molecular complexity index is 591. The maximum atomic E-state index is 13.4. The number of rotatable bonds is 1. The molecule has 4 nitrogen and oxygen atoms in total. The van der Waals surface area contributed by atoms with Crippen LogP contribution in [0.4, 0.5) is 4.39 Å². The van der Waals surface area contributed by atoms with Gasteiger partial charge in [-0.15, -0.1) is 0 Å². The topological polar surface area (TPSA) is 60.8 Å². The summed E-state index contributed by atoms with van der Waals surface area (Å²) in [5.41, 5.74) is 0.591. The lowest BCUT2D eigenvalue weighted by Gasteiger charge is -2.34. The molecule has 2 N–H and O–H groups in total. The van der Waals surface area contributed by atoms with Gasteiger partial charge in [0.25, 0.3) is 5.91 Å². The molecule has 2 rings (SSSR count). The van der Waals surface area contributed by atoms with Gasteiger partial charge in [-0.05, 0) is 30.5 Å². The molecule has 0 bridgehead atoms. The molecule has 1 heterocycles. The van der Waals surface area contributed by atoms with Crippen molar-refractivity contribution in [1.82, 2.24) is 4.90 Å². The number of hydrogen-bond acceptors (Lipinski definition) is 3. The predicted octanol–water partition coefficient (Wildman–Crippen LogP) is 1.01. The molecule has 5 heteroatoms. The summed E-state index contributed by atoms with van der Waals surface area (Å²) in [5, 5.41) is 18.5. The molecule has 1 aliphatic rings. The van der Waals surface area contributed by atoms with Gasteiger partial charge in [-0.2, -0.15) is 0 Å². The van der Waals surface area contributed by atoms with Gasteiger partial charge in [0.05, 0.1) is 11.7 Å². The van der Waals surface area contributed by atoms with E-state index in [2.05, 4.69) is 11.8 Å². The quantitative estimate of drug-likeness (QED) is 0.759. The van der Waals surface area contributed by atoms with Crippen LogP contribution in [0.2, 0.25) is 0 Å². The first-order chi connectivity index (χ1) is 10.0. The molecule has 1 aromatic carbocycles. The number of piperidine rings is 1. The van der Waals surface area contributed by atoms with E-state index in [1.165, 1.54) is 18.2 Å². The maximum Gasteiger partial charge on any atom is 0.255 e. The number of nitrogens with zero attached hydrogens (tertiary/aromatic N) is 1. The average molecular weight is 291 g/mol. The van der Waals surface area contributed by atoms with Crippen LogP contribution in [-0.4, -0.2) is 46.8 Å². The van der Waals surface area contributed by atoms with Crippen molar-refractivity contribution >= 4 is 5.91 Å². The highest BCUT2D eigenvalue weighted by atomic mass is 19.1. The van der Waals surface area contributed by atoms with Crippen LogP contribution in [-0.2, 0) is 0 Å². The number of carbonyl (C=O) groups excluding carboxylic acids is 1. The van der Waals surface area contributed by atoms with Crippen molar-refractivity contribution in [2.75, 3.05) is 19.7 Å². The van der Waals surface area contributed by atoms with Gasteiger partial charge in [0, 0.05) is 18.7 Å². The standard InChI is InChI=1S/C16H18FNO3/c1-11-10-18(7-6-15(11)20)16(21)14-9-13(17)5-4-12(14)3-2-8-19/h4-5,9,11,15,19-20H,6-8,10H2,1H3. The van der Waals surface area contributed by atoms with Gasteiger partial charge in [0.2, 0.25) is 0 Å². The number of hydrogen-bond donors (Lipinski definition) is 2. The number of likely N-dealkylation sites (tertiary alicyclic amines) is 1. The third-order valence-corrected chi connectivity index (χ3v) is 3.66. The van der Waals surface area contributed by atoms with Crippen LogP contribution in [0.5, 0.6) is 0 Å². The molecule has 1 amide bonds. The Morgan fingerprint density at radius 3 is 2.95 bits per heavy atom. The zero-order chi connectivity index (χ0) is 15.4. The first-order valence-electron chi connectivity index (χ1n) is 6.89. The lowest BCUT2D eigenvalue weighted by molar-refractivity contribution is 0.0297. The van der Waals surface area contributed by atoms with E-state index in [1.54, 1.807) is 4.90 Å². The Balaban J connectivity index is 2.28. The molecule has 112 valence electrons. The predicted molar refractivity (Wildman–Crippen MR) is 76.1 cm³/mol. The van der Waals surface area contributed by atoms with E-state index in [9.17, 15) is 14.3 Å². The number of amides is 1. The number of aliphatic hydroxyl groups is 2. The van der Waals surface area contributed by atoms with E-state index in [1.807, 2.05) is 6.92 Å². The highest BCUT2D eigenvalue weighted by molar-refractivity contribution is 5.96. The van der Waals surface area contributed by atoms with E-state index in [4.69, 9.17) is 5.11 Å². The molecule has 0 saturated carbocycles. The molecule has 2 atom stereocenters. The van der Waals surface area contributed by atoms with E-state index in [-0.39, 0.29) is 24.0 Å². The lowest BCUT2D eigenvalue weighted by Crippen LogP contribution is -2.45. The molecular formula is C16H18FNO3. The number of benzene rings is 1. The second-order valence-corrected chi connectivity index (χ2v) is 5.23. The fourth-order valence-electron chi connectivity index (χ4n) is 2.43.